The number of nitrogens with zero attached hydrogens (tertiary/aromatic N) is 4. The van der Waals surface area contributed by atoms with Gasteiger partial charge in [-0.15, -0.1) is 10.2 Å². The van der Waals surface area contributed by atoms with Gasteiger partial charge in [-0.3, -0.25) is 9.36 Å². The van der Waals surface area contributed by atoms with Crippen LogP contribution in [0.1, 0.15) is 43.5 Å². The maximum absolute atomic E-state index is 12.5. The summed E-state index contributed by atoms with van der Waals surface area (Å²) in [5, 5.41) is 12.6. The SMILES string of the molecule is O=C(CSc1nnc(Cn2c(=O)oc3ccccc32)n1CCCc1ccccc1)NC1CCCC1. The largest absolute Gasteiger partial charge is 0.420 e. The Morgan fingerprint density at radius 3 is 2.63 bits per heavy atom. The van der Waals surface area contributed by atoms with E-state index in [-0.39, 0.29) is 12.5 Å². The second kappa shape index (κ2) is 10.9. The summed E-state index contributed by atoms with van der Waals surface area (Å²) < 4.78 is 9.00. The third-order valence-electron chi connectivity index (χ3n) is 6.41. The highest BCUT2D eigenvalue weighted by molar-refractivity contribution is 7.99. The van der Waals surface area contributed by atoms with Crippen molar-refractivity contribution in [1.82, 2.24) is 24.6 Å². The first-order valence-electron chi connectivity index (χ1n) is 12.1. The molecule has 0 bridgehead atoms. The third kappa shape index (κ3) is 5.67. The fourth-order valence-corrected chi connectivity index (χ4v) is 5.42. The molecule has 2 aromatic carbocycles. The smallest absolute Gasteiger partial charge is 0.408 e. The first-order valence-corrected chi connectivity index (χ1v) is 13.1. The van der Waals surface area contributed by atoms with Crippen LogP contribution in [0.4, 0.5) is 0 Å². The molecule has 182 valence electrons. The topological polar surface area (TPSA) is 94.9 Å². The second-order valence-corrected chi connectivity index (χ2v) is 9.84. The lowest BCUT2D eigenvalue weighted by Crippen LogP contribution is -2.33. The number of aryl methyl sites for hydroxylation is 1. The van der Waals surface area contributed by atoms with E-state index in [0.717, 1.165) is 31.2 Å². The molecule has 0 spiro atoms. The van der Waals surface area contributed by atoms with Crippen LogP contribution >= 0.6 is 11.8 Å². The molecule has 1 N–H and O–H groups in total. The molecule has 0 radical (unpaired) electrons. The van der Waals surface area contributed by atoms with Crippen molar-refractivity contribution in [1.29, 1.82) is 0 Å². The molecular weight excluding hydrogens is 462 g/mol. The maximum atomic E-state index is 12.5. The Kier molecular flexibility index (Phi) is 7.32. The number of aromatic nitrogens is 4. The normalized spacial score (nSPS) is 14.1. The Hall–Kier alpha value is -3.33. The van der Waals surface area contributed by atoms with E-state index in [1.165, 1.54) is 30.2 Å². The number of carbonyl (C=O) groups is 1. The average Bonchev–Trinajstić information content (AvgIpc) is 3.59. The van der Waals surface area contributed by atoms with Crippen LogP contribution < -0.4 is 11.1 Å². The van der Waals surface area contributed by atoms with E-state index in [1.807, 2.05) is 41.0 Å². The van der Waals surface area contributed by atoms with Crippen LogP contribution in [0.5, 0.6) is 0 Å². The molecule has 0 atom stereocenters. The van der Waals surface area contributed by atoms with Crippen molar-refractivity contribution in [2.45, 2.75) is 62.8 Å². The Labute approximate surface area is 207 Å². The standard InChI is InChI=1S/C26H29N5O3S/c32-24(27-20-12-4-5-13-20)18-35-25-29-28-23(30(25)16-8-11-19-9-2-1-3-10-19)17-31-21-14-6-7-15-22(21)34-26(31)33/h1-3,6-7,9-10,14-15,20H,4-5,8,11-13,16-18H2,(H,27,32). The molecule has 2 heterocycles. The number of nitrogens with one attached hydrogen (secondary N) is 1. The number of fused-ring (bicyclic) bond motifs is 1. The van der Waals surface area contributed by atoms with Crippen molar-refractivity contribution in [3.63, 3.8) is 0 Å². The molecule has 2 aromatic heterocycles. The molecule has 1 saturated carbocycles. The number of oxazole rings is 1. The van der Waals surface area contributed by atoms with Gasteiger partial charge in [0.05, 0.1) is 17.8 Å². The van der Waals surface area contributed by atoms with E-state index in [4.69, 9.17) is 4.42 Å². The molecule has 1 fully saturated rings. The summed E-state index contributed by atoms with van der Waals surface area (Å²) >= 11 is 1.39. The predicted molar refractivity (Wildman–Crippen MR) is 135 cm³/mol. The van der Waals surface area contributed by atoms with Crippen molar-refractivity contribution in [2.75, 3.05) is 5.75 Å². The van der Waals surface area contributed by atoms with Gasteiger partial charge in [-0.05, 0) is 43.4 Å². The fourth-order valence-electron chi connectivity index (χ4n) is 4.63. The van der Waals surface area contributed by atoms with Crippen molar-refractivity contribution in [3.05, 3.63) is 76.5 Å². The number of carbonyl (C=O) groups excluding carboxylic acids is 1. The van der Waals surface area contributed by atoms with Crippen LogP contribution in [0.3, 0.4) is 0 Å². The zero-order chi connectivity index (χ0) is 24.0. The van der Waals surface area contributed by atoms with E-state index >= 15 is 0 Å². The number of rotatable bonds is 10. The Bertz CT molecular complexity index is 1340. The molecule has 35 heavy (non-hydrogen) atoms. The van der Waals surface area contributed by atoms with Crippen LogP contribution in [-0.4, -0.2) is 37.0 Å². The third-order valence-corrected chi connectivity index (χ3v) is 7.38. The van der Waals surface area contributed by atoms with E-state index in [2.05, 4.69) is 27.6 Å². The number of para-hydroxylation sites is 2. The van der Waals surface area contributed by atoms with Crippen molar-refractivity contribution < 1.29 is 9.21 Å². The molecule has 1 amide bonds. The van der Waals surface area contributed by atoms with Gasteiger partial charge in [0.2, 0.25) is 5.91 Å². The summed E-state index contributed by atoms with van der Waals surface area (Å²) in [5.41, 5.74) is 2.54. The first kappa shape index (κ1) is 23.4. The van der Waals surface area contributed by atoms with Crippen molar-refractivity contribution in [2.24, 2.45) is 0 Å². The number of amides is 1. The summed E-state index contributed by atoms with van der Waals surface area (Å²) in [5.74, 6) is 0.571. The Morgan fingerprint density at radius 2 is 1.80 bits per heavy atom. The van der Waals surface area contributed by atoms with E-state index in [9.17, 15) is 9.59 Å². The van der Waals surface area contributed by atoms with Gasteiger partial charge in [-0.1, -0.05) is 67.1 Å². The molecule has 0 saturated heterocycles. The van der Waals surface area contributed by atoms with E-state index in [0.29, 0.717) is 34.9 Å². The molecule has 1 aliphatic rings. The fraction of sp³-hybridized carbons (Fsp3) is 0.385. The molecule has 0 unspecified atom stereocenters. The van der Waals surface area contributed by atoms with Crippen LogP contribution in [0.15, 0.2) is 69.0 Å². The van der Waals surface area contributed by atoms with Crippen LogP contribution in [-0.2, 0) is 24.3 Å². The minimum atomic E-state index is -0.421. The zero-order valence-corrected chi connectivity index (χ0v) is 20.4. The lowest BCUT2D eigenvalue weighted by atomic mass is 10.1. The van der Waals surface area contributed by atoms with Gasteiger partial charge >= 0.3 is 5.76 Å². The lowest BCUT2D eigenvalue weighted by Gasteiger charge is -2.13. The summed E-state index contributed by atoms with van der Waals surface area (Å²) in [7, 11) is 0. The van der Waals surface area contributed by atoms with Gasteiger partial charge in [0.25, 0.3) is 0 Å². The van der Waals surface area contributed by atoms with Gasteiger partial charge in [0.1, 0.15) is 0 Å². The zero-order valence-electron chi connectivity index (χ0n) is 19.6. The molecular formula is C26H29N5O3S. The summed E-state index contributed by atoms with van der Waals surface area (Å²) in [6.45, 7) is 0.942. The van der Waals surface area contributed by atoms with E-state index < -0.39 is 5.76 Å². The predicted octanol–water partition coefficient (Wildman–Crippen LogP) is 4.02. The van der Waals surface area contributed by atoms with Gasteiger partial charge in [0.15, 0.2) is 16.6 Å². The van der Waals surface area contributed by atoms with Gasteiger partial charge in [-0.25, -0.2) is 4.79 Å². The highest BCUT2D eigenvalue weighted by atomic mass is 32.2. The Morgan fingerprint density at radius 1 is 1.03 bits per heavy atom. The van der Waals surface area contributed by atoms with Gasteiger partial charge in [-0.2, -0.15) is 0 Å². The molecule has 9 heteroatoms. The second-order valence-electron chi connectivity index (χ2n) is 8.90. The van der Waals surface area contributed by atoms with Gasteiger partial charge in [0, 0.05) is 12.6 Å². The first-order chi connectivity index (χ1) is 17.2. The number of hydrogen-bond donors (Lipinski definition) is 1. The number of thioether (sulfide) groups is 1. The number of hydrogen-bond acceptors (Lipinski definition) is 6. The molecule has 5 rings (SSSR count). The van der Waals surface area contributed by atoms with Crippen LogP contribution in [0.25, 0.3) is 11.1 Å². The minimum Gasteiger partial charge on any atom is -0.408 e. The summed E-state index contributed by atoms with van der Waals surface area (Å²) in [4.78, 5) is 25.0. The minimum absolute atomic E-state index is 0.0272. The Balaban J connectivity index is 1.33. The molecule has 0 aliphatic heterocycles. The molecule has 4 aromatic rings. The van der Waals surface area contributed by atoms with Crippen molar-refractivity contribution >= 4 is 28.8 Å². The van der Waals surface area contributed by atoms with Crippen LogP contribution in [0, 0.1) is 0 Å². The maximum Gasteiger partial charge on any atom is 0.420 e. The molecule has 8 nitrogen and oxygen atoms in total. The quantitative estimate of drug-likeness (QED) is 0.337. The average molecular weight is 492 g/mol. The van der Waals surface area contributed by atoms with Gasteiger partial charge < -0.3 is 14.3 Å². The van der Waals surface area contributed by atoms with Crippen molar-refractivity contribution in [3.8, 4) is 0 Å². The highest BCUT2D eigenvalue weighted by Gasteiger charge is 2.20. The summed E-state index contributed by atoms with van der Waals surface area (Å²) in [6.07, 6.45) is 6.28. The number of benzene rings is 2. The van der Waals surface area contributed by atoms with E-state index in [1.54, 1.807) is 10.6 Å². The highest BCUT2D eigenvalue weighted by Crippen LogP contribution is 2.21. The van der Waals surface area contributed by atoms with Crippen LogP contribution in [0.2, 0.25) is 0 Å². The summed E-state index contributed by atoms with van der Waals surface area (Å²) in [6, 6.07) is 18.0. The molecule has 1 aliphatic carbocycles. The lowest BCUT2D eigenvalue weighted by molar-refractivity contribution is -0.119. The monoisotopic (exact) mass is 491 g/mol.